The molecule has 0 bridgehead atoms. The van der Waals surface area contributed by atoms with Gasteiger partial charge in [-0.1, -0.05) is 13.3 Å². The van der Waals surface area contributed by atoms with E-state index in [2.05, 4.69) is 6.92 Å². The molecule has 144 valence electrons. The smallest absolute Gasteiger partial charge is 0.338 e. The fraction of sp³-hybridized carbons (Fsp3) is 0.619. The Morgan fingerprint density at radius 3 is 2.31 bits per heavy atom. The number of carbonyl (C=O) groups excluding carboxylic acids is 2. The van der Waals surface area contributed by atoms with Gasteiger partial charge in [0, 0.05) is 0 Å². The summed E-state index contributed by atoms with van der Waals surface area (Å²) < 4.78 is 16.1. The monoisotopic (exact) mass is 362 g/mol. The first-order valence-electron chi connectivity index (χ1n) is 9.70. The highest BCUT2D eigenvalue weighted by Crippen LogP contribution is 2.30. The Morgan fingerprint density at radius 2 is 1.69 bits per heavy atom. The highest BCUT2D eigenvalue weighted by molar-refractivity contribution is 5.89. The SMILES string of the molecule is CCCCOC(=O)c1ccc(OC[C@H]2CC[C@@H](C(=O)OCC)CC2)cc1. The quantitative estimate of drug-likeness (QED) is 0.481. The second-order valence-corrected chi connectivity index (χ2v) is 6.79. The summed E-state index contributed by atoms with van der Waals surface area (Å²) in [6.45, 7) is 5.44. The van der Waals surface area contributed by atoms with Crippen LogP contribution in [0, 0.1) is 11.8 Å². The summed E-state index contributed by atoms with van der Waals surface area (Å²) >= 11 is 0. The minimum atomic E-state index is -0.290. The molecule has 1 aliphatic carbocycles. The largest absolute Gasteiger partial charge is 0.493 e. The molecule has 1 aliphatic rings. The Bertz CT molecular complexity index is 558. The fourth-order valence-corrected chi connectivity index (χ4v) is 3.12. The van der Waals surface area contributed by atoms with Crippen LogP contribution < -0.4 is 4.74 Å². The van der Waals surface area contributed by atoms with Crippen molar-refractivity contribution in [3.8, 4) is 5.75 Å². The minimum absolute atomic E-state index is 0.0456. The van der Waals surface area contributed by atoms with Gasteiger partial charge in [0.2, 0.25) is 0 Å². The van der Waals surface area contributed by atoms with Crippen molar-refractivity contribution >= 4 is 11.9 Å². The van der Waals surface area contributed by atoms with Crippen LogP contribution in [-0.2, 0) is 14.3 Å². The van der Waals surface area contributed by atoms with E-state index in [1.165, 1.54) is 0 Å². The van der Waals surface area contributed by atoms with Crippen molar-refractivity contribution in [2.45, 2.75) is 52.4 Å². The van der Waals surface area contributed by atoms with Crippen molar-refractivity contribution in [1.29, 1.82) is 0 Å². The molecule has 0 saturated heterocycles. The van der Waals surface area contributed by atoms with E-state index in [1.807, 2.05) is 6.92 Å². The topological polar surface area (TPSA) is 61.8 Å². The van der Waals surface area contributed by atoms with Crippen LogP contribution in [0.25, 0.3) is 0 Å². The number of carbonyl (C=O) groups is 2. The minimum Gasteiger partial charge on any atom is -0.493 e. The molecule has 0 N–H and O–H groups in total. The van der Waals surface area contributed by atoms with E-state index in [4.69, 9.17) is 14.2 Å². The first-order chi connectivity index (χ1) is 12.6. The highest BCUT2D eigenvalue weighted by Gasteiger charge is 2.27. The number of hydrogen-bond acceptors (Lipinski definition) is 5. The van der Waals surface area contributed by atoms with Crippen molar-refractivity contribution in [3.05, 3.63) is 29.8 Å². The number of hydrogen-bond donors (Lipinski definition) is 0. The molecular weight excluding hydrogens is 332 g/mol. The lowest BCUT2D eigenvalue weighted by Gasteiger charge is -2.27. The number of unbranched alkanes of at least 4 members (excludes halogenated alkanes) is 1. The van der Waals surface area contributed by atoms with Gasteiger partial charge >= 0.3 is 11.9 Å². The average Bonchev–Trinajstić information content (AvgIpc) is 2.67. The maximum atomic E-state index is 11.9. The Hall–Kier alpha value is -2.04. The van der Waals surface area contributed by atoms with Gasteiger partial charge in [0.25, 0.3) is 0 Å². The van der Waals surface area contributed by atoms with E-state index in [9.17, 15) is 9.59 Å². The van der Waals surface area contributed by atoms with Crippen molar-refractivity contribution in [3.63, 3.8) is 0 Å². The van der Waals surface area contributed by atoms with Crippen LogP contribution in [0.3, 0.4) is 0 Å². The molecule has 0 heterocycles. The summed E-state index contributed by atoms with van der Waals surface area (Å²) in [5.74, 6) is 0.904. The van der Waals surface area contributed by atoms with Crippen LogP contribution in [0.5, 0.6) is 5.75 Å². The zero-order chi connectivity index (χ0) is 18.8. The van der Waals surface area contributed by atoms with Crippen LogP contribution in [-0.4, -0.2) is 31.8 Å². The lowest BCUT2D eigenvalue weighted by molar-refractivity contribution is -0.149. The molecule has 0 unspecified atom stereocenters. The van der Waals surface area contributed by atoms with Gasteiger partial charge in [0.1, 0.15) is 5.75 Å². The van der Waals surface area contributed by atoms with Crippen LogP contribution in [0.15, 0.2) is 24.3 Å². The van der Waals surface area contributed by atoms with E-state index in [0.29, 0.717) is 31.3 Å². The van der Waals surface area contributed by atoms with Crippen molar-refractivity contribution in [2.75, 3.05) is 19.8 Å². The van der Waals surface area contributed by atoms with Gasteiger partial charge in [0.15, 0.2) is 0 Å². The maximum absolute atomic E-state index is 11.9. The summed E-state index contributed by atoms with van der Waals surface area (Å²) in [5.41, 5.74) is 0.545. The summed E-state index contributed by atoms with van der Waals surface area (Å²) in [6, 6.07) is 7.09. The van der Waals surface area contributed by atoms with E-state index in [-0.39, 0.29) is 17.9 Å². The molecule has 0 radical (unpaired) electrons. The molecule has 1 fully saturated rings. The third-order valence-electron chi connectivity index (χ3n) is 4.77. The number of benzene rings is 1. The van der Waals surface area contributed by atoms with Gasteiger partial charge in [-0.2, -0.15) is 0 Å². The van der Waals surface area contributed by atoms with Crippen LogP contribution >= 0.6 is 0 Å². The van der Waals surface area contributed by atoms with Gasteiger partial charge in [0.05, 0.1) is 31.3 Å². The fourth-order valence-electron chi connectivity index (χ4n) is 3.12. The standard InChI is InChI=1S/C21H30O5/c1-3-5-14-25-21(23)18-10-12-19(13-11-18)26-15-16-6-8-17(9-7-16)20(22)24-4-2/h10-13,16-17H,3-9,14-15H2,1-2H3/t16-,17+. The normalized spacial score (nSPS) is 19.6. The summed E-state index contributed by atoms with van der Waals surface area (Å²) in [4.78, 5) is 23.6. The molecule has 0 amide bonds. The van der Waals surface area contributed by atoms with Gasteiger partial charge in [-0.15, -0.1) is 0 Å². The van der Waals surface area contributed by atoms with Gasteiger partial charge in [-0.3, -0.25) is 4.79 Å². The van der Waals surface area contributed by atoms with Crippen molar-refractivity contribution < 1.29 is 23.8 Å². The molecule has 5 heteroatoms. The number of rotatable bonds is 9. The lowest BCUT2D eigenvalue weighted by atomic mass is 9.82. The Balaban J connectivity index is 1.71. The van der Waals surface area contributed by atoms with E-state index in [1.54, 1.807) is 24.3 Å². The molecular formula is C21H30O5. The van der Waals surface area contributed by atoms with Crippen molar-refractivity contribution in [2.24, 2.45) is 11.8 Å². The predicted octanol–water partition coefficient (Wildman–Crippen LogP) is 4.39. The predicted molar refractivity (Wildman–Crippen MR) is 99.2 cm³/mol. The first kappa shape index (κ1) is 20.3. The first-order valence-corrected chi connectivity index (χ1v) is 9.70. The Labute approximate surface area is 156 Å². The molecule has 1 saturated carbocycles. The maximum Gasteiger partial charge on any atom is 0.338 e. The molecule has 0 spiro atoms. The number of esters is 2. The molecule has 0 aromatic heterocycles. The van der Waals surface area contributed by atoms with E-state index < -0.39 is 0 Å². The molecule has 0 aliphatic heterocycles. The molecule has 2 rings (SSSR count). The molecule has 26 heavy (non-hydrogen) atoms. The van der Waals surface area contributed by atoms with Crippen LogP contribution in [0.2, 0.25) is 0 Å². The Kier molecular flexibility index (Phi) is 8.45. The van der Waals surface area contributed by atoms with E-state index >= 15 is 0 Å². The summed E-state index contributed by atoms with van der Waals surface area (Å²) in [6.07, 6.45) is 5.58. The third kappa shape index (κ3) is 6.36. The zero-order valence-electron chi connectivity index (χ0n) is 15.9. The molecule has 1 aromatic carbocycles. The second-order valence-electron chi connectivity index (χ2n) is 6.79. The van der Waals surface area contributed by atoms with Gasteiger partial charge < -0.3 is 14.2 Å². The lowest BCUT2D eigenvalue weighted by Crippen LogP contribution is -2.26. The average molecular weight is 362 g/mol. The molecule has 0 atom stereocenters. The Morgan fingerprint density at radius 1 is 1.00 bits per heavy atom. The number of ether oxygens (including phenoxy) is 3. The second kappa shape index (κ2) is 10.8. The van der Waals surface area contributed by atoms with Crippen LogP contribution in [0.4, 0.5) is 0 Å². The zero-order valence-corrected chi connectivity index (χ0v) is 15.9. The van der Waals surface area contributed by atoms with Crippen LogP contribution in [0.1, 0.15) is 62.7 Å². The van der Waals surface area contributed by atoms with Crippen molar-refractivity contribution in [1.82, 2.24) is 0 Å². The highest BCUT2D eigenvalue weighted by atomic mass is 16.5. The molecule has 1 aromatic rings. The summed E-state index contributed by atoms with van der Waals surface area (Å²) in [7, 11) is 0. The van der Waals surface area contributed by atoms with Gasteiger partial charge in [-0.05, 0) is 69.2 Å². The third-order valence-corrected chi connectivity index (χ3v) is 4.77. The summed E-state index contributed by atoms with van der Waals surface area (Å²) in [5, 5.41) is 0. The van der Waals surface area contributed by atoms with Gasteiger partial charge in [-0.25, -0.2) is 4.79 Å². The molecule has 5 nitrogen and oxygen atoms in total. The van der Waals surface area contributed by atoms with E-state index in [0.717, 1.165) is 44.3 Å².